The Morgan fingerprint density at radius 1 is 1.08 bits per heavy atom. The maximum atomic E-state index is 13.0. The van der Waals surface area contributed by atoms with Gasteiger partial charge in [-0.2, -0.15) is 4.39 Å². The number of carbonyl (C=O) groups excluding carboxylic acids is 1. The van der Waals surface area contributed by atoms with Crippen LogP contribution in [0.5, 0.6) is 5.88 Å². The second-order valence-electron chi connectivity index (χ2n) is 5.12. The summed E-state index contributed by atoms with van der Waals surface area (Å²) in [6.45, 7) is -1.04. The van der Waals surface area contributed by atoms with Crippen molar-refractivity contribution < 1.29 is 18.3 Å². The molecule has 0 aliphatic rings. The molecule has 2 heterocycles. The lowest BCUT2D eigenvalue weighted by atomic mass is 10.1. The van der Waals surface area contributed by atoms with Gasteiger partial charge in [0.1, 0.15) is 5.69 Å². The topological polar surface area (TPSA) is 103 Å². The van der Waals surface area contributed by atoms with E-state index in [1.807, 2.05) is 0 Å². The molecule has 0 unspecified atom stereocenters. The zero-order chi connectivity index (χ0) is 18.5. The summed E-state index contributed by atoms with van der Waals surface area (Å²) in [6.07, 6.45) is 3.67. The second-order valence-corrected chi connectivity index (χ2v) is 5.12. The van der Waals surface area contributed by atoms with E-state index in [-0.39, 0.29) is 11.6 Å². The highest BCUT2D eigenvalue weighted by atomic mass is 19.1. The average Bonchev–Trinajstić information content (AvgIpc) is 2.65. The first kappa shape index (κ1) is 17.2. The van der Waals surface area contributed by atoms with Gasteiger partial charge in [0, 0.05) is 11.8 Å². The molecule has 0 saturated carbocycles. The predicted molar refractivity (Wildman–Crippen MR) is 90.6 cm³/mol. The molecule has 3 aromatic rings. The molecule has 7 nitrogen and oxygen atoms in total. The molecule has 1 amide bonds. The standard InChI is InChI=1S/C17H13F2N5O2/c18-9-26-16-8-21-14(7-23-16)17(25)24-13-5-10(1-3-12(13)20)11-2-4-15(19)22-6-11/h1-8H,9,20H2,(H,24,25). The molecule has 9 heteroatoms. The summed E-state index contributed by atoms with van der Waals surface area (Å²) in [7, 11) is 0. The van der Waals surface area contributed by atoms with Gasteiger partial charge in [-0.1, -0.05) is 6.07 Å². The molecule has 0 aliphatic heterocycles. The van der Waals surface area contributed by atoms with Crippen LogP contribution in [0.2, 0.25) is 0 Å². The van der Waals surface area contributed by atoms with E-state index in [1.165, 1.54) is 12.3 Å². The van der Waals surface area contributed by atoms with Crippen LogP contribution in [-0.4, -0.2) is 27.7 Å². The van der Waals surface area contributed by atoms with Gasteiger partial charge >= 0.3 is 0 Å². The fraction of sp³-hybridized carbons (Fsp3) is 0.0588. The number of rotatable bonds is 5. The van der Waals surface area contributed by atoms with Crippen LogP contribution in [0.15, 0.2) is 48.9 Å². The van der Waals surface area contributed by atoms with Crippen LogP contribution in [-0.2, 0) is 0 Å². The molecule has 1 aromatic carbocycles. The van der Waals surface area contributed by atoms with E-state index in [1.54, 1.807) is 24.3 Å². The summed E-state index contributed by atoms with van der Waals surface area (Å²) in [5, 5.41) is 2.62. The normalized spacial score (nSPS) is 10.4. The fourth-order valence-electron chi connectivity index (χ4n) is 2.14. The Morgan fingerprint density at radius 2 is 1.88 bits per heavy atom. The lowest BCUT2D eigenvalue weighted by Gasteiger charge is -2.10. The number of nitrogens with one attached hydrogen (secondary N) is 1. The van der Waals surface area contributed by atoms with Gasteiger partial charge in [0.05, 0.1) is 23.8 Å². The minimum absolute atomic E-state index is 0.00413. The highest BCUT2D eigenvalue weighted by molar-refractivity contribution is 6.04. The number of nitrogens with zero attached hydrogens (tertiary/aromatic N) is 3. The SMILES string of the molecule is Nc1ccc(-c2ccc(F)nc2)cc1NC(=O)c1cnc(OCF)cn1. The third-order valence-electron chi connectivity index (χ3n) is 3.43. The predicted octanol–water partition coefficient (Wildman–Crippen LogP) is 2.82. The summed E-state index contributed by atoms with van der Waals surface area (Å²) < 4.78 is 29.5. The van der Waals surface area contributed by atoms with E-state index in [2.05, 4.69) is 25.0 Å². The highest BCUT2D eigenvalue weighted by Crippen LogP contribution is 2.27. The van der Waals surface area contributed by atoms with Crippen LogP contribution < -0.4 is 15.8 Å². The van der Waals surface area contributed by atoms with E-state index in [9.17, 15) is 13.6 Å². The summed E-state index contributed by atoms with van der Waals surface area (Å²) >= 11 is 0. The molecular weight excluding hydrogens is 344 g/mol. The number of ether oxygens (including phenoxy) is 1. The van der Waals surface area contributed by atoms with Gasteiger partial charge in [0.25, 0.3) is 5.91 Å². The van der Waals surface area contributed by atoms with E-state index in [4.69, 9.17) is 5.73 Å². The Labute approximate surface area is 146 Å². The van der Waals surface area contributed by atoms with Crippen molar-refractivity contribution in [2.24, 2.45) is 0 Å². The molecule has 0 fully saturated rings. The summed E-state index contributed by atoms with van der Waals surface area (Å²) in [5.74, 6) is -1.17. The van der Waals surface area contributed by atoms with Crippen LogP contribution in [0.25, 0.3) is 11.1 Å². The van der Waals surface area contributed by atoms with Gasteiger partial charge in [-0.25, -0.2) is 19.3 Å². The average molecular weight is 357 g/mol. The molecule has 3 N–H and O–H groups in total. The number of hydrogen-bond acceptors (Lipinski definition) is 6. The Morgan fingerprint density at radius 3 is 2.54 bits per heavy atom. The molecule has 0 spiro atoms. The third-order valence-corrected chi connectivity index (χ3v) is 3.43. The van der Waals surface area contributed by atoms with E-state index in [0.29, 0.717) is 22.5 Å². The van der Waals surface area contributed by atoms with Crippen LogP contribution in [0.3, 0.4) is 0 Å². The first-order chi connectivity index (χ1) is 12.6. The van der Waals surface area contributed by atoms with Gasteiger partial charge in [-0.15, -0.1) is 0 Å². The van der Waals surface area contributed by atoms with E-state index >= 15 is 0 Å². The monoisotopic (exact) mass is 357 g/mol. The Bertz CT molecular complexity index is 917. The number of pyridine rings is 1. The van der Waals surface area contributed by atoms with E-state index in [0.717, 1.165) is 12.4 Å². The molecule has 132 valence electrons. The lowest BCUT2D eigenvalue weighted by Crippen LogP contribution is -2.15. The maximum Gasteiger partial charge on any atom is 0.275 e. The molecule has 0 saturated heterocycles. The first-order valence-corrected chi connectivity index (χ1v) is 7.40. The van der Waals surface area contributed by atoms with Gasteiger partial charge < -0.3 is 15.8 Å². The summed E-state index contributed by atoms with van der Waals surface area (Å²) in [5.41, 5.74) is 7.94. The largest absolute Gasteiger partial charge is 0.445 e. The van der Waals surface area contributed by atoms with Crippen molar-refractivity contribution in [1.29, 1.82) is 0 Å². The van der Waals surface area contributed by atoms with Crippen LogP contribution in [0.1, 0.15) is 10.5 Å². The van der Waals surface area contributed by atoms with Crippen molar-refractivity contribution in [3.63, 3.8) is 0 Å². The van der Waals surface area contributed by atoms with Crippen molar-refractivity contribution in [3.05, 3.63) is 60.6 Å². The quantitative estimate of drug-likeness (QED) is 0.538. The molecule has 0 bridgehead atoms. The third kappa shape index (κ3) is 3.89. The summed E-state index contributed by atoms with van der Waals surface area (Å²) in [6, 6.07) is 7.77. The number of benzene rings is 1. The number of alkyl halides is 1. The Kier molecular flexibility index (Phi) is 4.97. The number of anilines is 2. The highest BCUT2D eigenvalue weighted by Gasteiger charge is 2.12. The van der Waals surface area contributed by atoms with Gasteiger partial charge in [0.2, 0.25) is 18.7 Å². The van der Waals surface area contributed by atoms with Crippen molar-refractivity contribution in [2.45, 2.75) is 0 Å². The van der Waals surface area contributed by atoms with Crippen LogP contribution in [0.4, 0.5) is 20.2 Å². The van der Waals surface area contributed by atoms with Crippen LogP contribution >= 0.6 is 0 Å². The first-order valence-electron chi connectivity index (χ1n) is 7.40. The van der Waals surface area contributed by atoms with Gasteiger partial charge in [-0.3, -0.25) is 4.79 Å². The van der Waals surface area contributed by atoms with Crippen molar-refractivity contribution >= 4 is 17.3 Å². The van der Waals surface area contributed by atoms with E-state index < -0.39 is 18.7 Å². The van der Waals surface area contributed by atoms with Crippen LogP contribution in [0, 0.1) is 5.95 Å². The van der Waals surface area contributed by atoms with Gasteiger partial charge in [-0.05, 0) is 29.8 Å². The number of carbonyl (C=O) groups is 1. The minimum atomic E-state index is -1.04. The number of halogens is 2. The van der Waals surface area contributed by atoms with Crippen molar-refractivity contribution in [1.82, 2.24) is 15.0 Å². The molecule has 26 heavy (non-hydrogen) atoms. The van der Waals surface area contributed by atoms with Crippen molar-refractivity contribution in [2.75, 3.05) is 17.9 Å². The Hall–Kier alpha value is -3.62. The molecule has 0 aliphatic carbocycles. The smallest absolute Gasteiger partial charge is 0.275 e. The number of hydrogen-bond donors (Lipinski definition) is 2. The molecular formula is C17H13F2N5O2. The number of aromatic nitrogens is 3. The molecule has 0 radical (unpaired) electrons. The fourth-order valence-corrected chi connectivity index (χ4v) is 2.14. The molecule has 2 aromatic heterocycles. The zero-order valence-corrected chi connectivity index (χ0v) is 13.3. The summed E-state index contributed by atoms with van der Waals surface area (Å²) in [4.78, 5) is 23.5. The Balaban J connectivity index is 1.81. The zero-order valence-electron chi connectivity index (χ0n) is 13.3. The maximum absolute atomic E-state index is 13.0. The van der Waals surface area contributed by atoms with Crippen molar-refractivity contribution in [3.8, 4) is 17.0 Å². The molecule has 0 atom stereocenters. The number of amides is 1. The number of nitrogen functional groups attached to an aromatic ring is 1. The second kappa shape index (κ2) is 7.51. The molecule has 3 rings (SSSR count). The number of nitrogens with two attached hydrogens (primary N) is 1. The van der Waals surface area contributed by atoms with Gasteiger partial charge in [0.15, 0.2) is 0 Å². The lowest BCUT2D eigenvalue weighted by molar-refractivity contribution is 0.102. The minimum Gasteiger partial charge on any atom is -0.445 e.